The van der Waals surface area contributed by atoms with Crippen LogP contribution in [-0.2, 0) is 27.2 Å². The molecule has 0 saturated heterocycles. The second-order valence-corrected chi connectivity index (χ2v) is 7.30. The maximum atomic E-state index is 12.1. The molecule has 1 amide bonds. The van der Waals surface area contributed by atoms with Crippen LogP contribution in [0.3, 0.4) is 0 Å². The Kier molecular flexibility index (Phi) is 6.40. The minimum absolute atomic E-state index is 0.283. The Balaban J connectivity index is 1.28. The highest BCUT2D eigenvalue weighted by Crippen LogP contribution is 2.34. The molecule has 7 nitrogen and oxygen atoms in total. The second-order valence-electron chi connectivity index (χ2n) is 7.30. The van der Waals surface area contributed by atoms with Gasteiger partial charge in [0, 0.05) is 17.4 Å². The number of esters is 1. The molecule has 1 aliphatic rings. The molecule has 0 radical (unpaired) electrons. The van der Waals surface area contributed by atoms with Crippen molar-refractivity contribution in [2.75, 3.05) is 25.1 Å². The molecule has 0 saturated carbocycles. The van der Waals surface area contributed by atoms with E-state index in [0.717, 1.165) is 42.4 Å². The van der Waals surface area contributed by atoms with Crippen LogP contribution >= 0.6 is 0 Å². The van der Waals surface area contributed by atoms with Crippen molar-refractivity contribution in [3.8, 4) is 11.5 Å². The lowest BCUT2D eigenvalue weighted by Crippen LogP contribution is -2.23. The van der Waals surface area contributed by atoms with Gasteiger partial charge in [-0.1, -0.05) is 12.1 Å². The number of furan rings is 1. The van der Waals surface area contributed by atoms with Gasteiger partial charge in [0.05, 0.1) is 12.3 Å². The van der Waals surface area contributed by atoms with Crippen LogP contribution in [-0.4, -0.2) is 31.7 Å². The largest absolute Gasteiger partial charge is 0.492 e. The first-order valence-corrected chi connectivity index (χ1v) is 10.5. The van der Waals surface area contributed by atoms with E-state index in [2.05, 4.69) is 5.32 Å². The van der Waals surface area contributed by atoms with Crippen molar-refractivity contribution in [2.24, 2.45) is 0 Å². The number of anilines is 1. The Labute approximate surface area is 180 Å². The third kappa shape index (κ3) is 4.99. The molecule has 0 spiro atoms. The van der Waals surface area contributed by atoms with Crippen molar-refractivity contribution in [3.63, 3.8) is 0 Å². The van der Waals surface area contributed by atoms with Crippen LogP contribution in [0.15, 0.2) is 46.9 Å². The van der Waals surface area contributed by atoms with E-state index in [-0.39, 0.29) is 6.61 Å². The first-order valence-electron chi connectivity index (χ1n) is 10.5. The Morgan fingerprint density at radius 1 is 1.03 bits per heavy atom. The number of nitrogens with one attached hydrogen (secondary N) is 1. The summed E-state index contributed by atoms with van der Waals surface area (Å²) in [6.07, 6.45) is 4.25. The first kappa shape index (κ1) is 20.8. The van der Waals surface area contributed by atoms with E-state index in [1.165, 1.54) is 5.56 Å². The highest BCUT2D eigenvalue weighted by atomic mass is 16.6. The van der Waals surface area contributed by atoms with Crippen LogP contribution in [0, 0.1) is 0 Å². The molecule has 1 aromatic heterocycles. The Bertz CT molecular complexity index is 1090. The van der Waals surface area contributed by atoms with Gasteiger partial charge in [0.1, 0.15) is 22.8 Å². The summed E-state index contributed by atoms with van der Waals surface area (Å²) in [5.41, 5.74) is 2.60. The maximum absolute atomic E-state index is 12.1. The van der Waals surface area contributed by atoms with Crippen LogP contribution < -0.4 is 14.8 Å². The predicted octanol–water partition coefficient (Wildman–Crippen LogP) is 4.27. The second kappa shape index (κ2) is 9.55. The summed E-state index contributed by atoms with van der Waals surface area (Å²) in [5, 5.41) is 3.71. The summed E-state index contributed by atoms with van der Waals surface area (Å²) in [5.74, 6) is 1.10. The van der Waals surface area contributed by atoms with E-state index in [1.54, 1.807) is 24.3 Å². The van der Waals surface area contributed by atoms with Crippen LogP contribution in [0.1, 0.15) is 31.1 Å². The molecule has 0 unspecified atom stereocenters. The molecule has 0 bridgehead atoms. The summed E-state index contributed by atoms with van der Waals surface area (Å²) in [6, 6.07) is 12.6. The van der Waals surface area contributed by atoms with Gasteiger partial charge in [-0.2, -0.15) is 0 Å². The number of hydrogen-bond donors (Lipinski definition) is 1. The molecular weight excluding hydrogens is 398 g/mol. The molecule has 3 aromatic rings. The number of para-hydroxylation sites is 2. The monoisotopic (exact) mass is 423 g/mol. The highest BCUT2D eigenvalue weighted by Gasteiger charge is 2.18. The van der Waals surface area contributed by atoms with Gasteiger partial charge >= 0.3 is 5.97 Å². The zero-order valence-electron chi connectivity index (χ0n) is 17.4. The van der Waals surface area contributed by atoms with Crippen molar-refractivity contribution < 1.29 is 28.2 Å². The number of rotatable bonds is 8. The zero-order chi connectivity index (χ0) is 21.6. The summed E-state index contributed by atoms with van der Waals surface area (Å²) < 4.78 is 22.0. The van der Waals surface area contributed by atoms with Crippen LogP contribution in [0.4, 0.5) is 5.69 Å². The van der Waals surface area contributed by atoms with Gasteiger partial charge in [0.15, 0.2) is 13.2 Å². The number of carbonyl (C=O) groups is 2. The summed E-state index contributed by atoms with van der Waals surface area (Å²) in [4.78, 5) is 24.1. The third-order valence-electron chi connectivity index (χ3n) is 5.11. The van der Waals surface area contributed by atoms with Gasteiger partial charge in [-0.25, -0.2) is 4.79 Å². The van der Waals surface area contributed by atoms with E-state index in [4.69, 9.17) is 18.6 Å². The van der Waals surface area contributed by atoms with Crippen molar-refractivity contribution >= 4 is 28.5 Å². The Morgan fingerprint density at radius 3 is 2.74 bits per heavy atom. The first-order chi connectivity index (χ1) is 15.1. The molecule has 0 fully saturated rings. The predicted molar refractivity (Wildman–Crippen MR) is 116 cm³/mol. The molecule has 0 atom stereocenters. The number of hydrogen-bond acceptors (Lipinski definition) is 6. The average molecular weight is 423 g/mol. The van der Waals surface area contributed by atoms with E-state index in [9.17, 15) is 9.59 Å². The molecule has 2 aromatic carbocycles. The molecule has 1 N–H and O–H groups in total. The summed E-state index contributed by atoms with van der Waals surface area (Å²) >= 11 is 0. The zero-order valence-corrected chi connectivity index (χ0v) is 17.4. The van der Waals surface area contributed by atoms with Crippen molar-refractivity contribution in [3.05, 3.63) is 53.8 Å². The fraction of sp³-hybridized carbons (Fsp3) is 0.333. The lowest BCUT2D eigenvalue weighted by Gasteiger charge is -2.11. The fourth-order valence-corrected chi connectivity index (χ4v) is 3.70. The molecule has 162 valence electrons. The van der Waals surface area contributed by atoms with Gasteiger partial charge in [0.25, 0.3) is 5.91 Å². The number of carbonyl (C=O) groups excluding carboxylic acids is 2. The molecule has 7 heteroatoms. The summed E-state index contributed by atoms with van der Waals surface area (Å²) in [7, 11) is 0. The third-order valence-corrected chi connectivity index (χ3v) is 5.11. The van der Waals surface area contributed by atoms with Gasteiger partial charge in [-0.05, 0) is 56.5 Å². The van der Waals surface area contributed by atoms with Crippen LogP contribution in [0.25, 0.3) is 11.0 Å². The van der Waals surface area contributed by atoms with Crippen molar-refractivity contribution in [1.29, 1.82) is 0 Å². The Hall–Kier alpha value is -3.48. The Morgan fingerprint density at radius 2 is 1.87 bits per heavy atom. The normalized spacial score (nSPS) is 12.8. The van der Waals surface area contributed by atoms with E-state index in [1.807, 2.05) is 25.1 Å². The molecule has 31 heavy (non-hydrogen) atoms. The number of ether oxygens (including phenoxy) is 3. The van der Waals surface area contributed by atoms with E-state index < -0.39 is 18.5 Å². The molecular formula is C24H25NO6. The number of aryl methyl sites for hydroxylation is 2. The van der Waals surface area contributed by atoms with Crippen LogP contribution in [0.2, 0.25) is 0 Å². The molecule has 1 heterocycles. The van der Waals surface area contributed by atoms with Crippen molar-refractivity contribution in [2.45, 2.75) is 32.6 Å². The highest BCUT2D eigenvalue weighted by molar-refractivity contribution is 5.94. The van der Waals surface area contributed by atoms with Gasteiger partial charge in [-0.3, -0.25) is 4.79 Å². The molecule has 0 aliphatic heterocycles. The van der Waals surface area contributed by atoms with E-state index in [0.29, 0.717) is 23.8 Å². The van der Waals surface area contributed by atoms with Gasteiger partial charge in [0.2, 0.25) is 0 Å². The average Bonchev–Trinajstić information content (AvgIpc) is 3.16. The SMILES string of the molecule is CCOc1ccccc1NC(=O)COC(=O)COc1ccc2oc3c(c2c1)CCCC3. The lowest BCUT2D eigenvalue weighted by atomic mass is 9.96. The lowest BCUT2D eigenvalue weighted by molar-refractivity contribution is -0.149. The van der Waals surface area contributed by atoms with Crippen molar-refractivity contribution in [1.82, 2.24) is 0 Å². The minimum atomic E-state index is -0.623. The molecule has 1 aliphatic carbocycles. The smallest absolute Gasteiger partial charge is 0.344 e. The number of fused-ring (bicyclic) bond motifs is 3. The fourth-order valence-electron chi connectivity index (χ4n) is 3.70. The van der Waals surface area contributed by atoms with Crippen LogP contribution in [0.5, 0.6) is 11.5 Å². The minimum Gasteiger partial charge on any atom is -0.492 e. The number of amides is 1. The topological polar surface area (TPSA) is 87.0 Å². The molecule has 4 rings (SSSR count). The standard InChI is InChI=1S/C24H25NO6/c1-2-28-22-10-6-4-8-19(22)25-23(26)14-30-24(27)15-29-16-11-12-21-18(13-16)17-7-3-5-9-20(17)31-21/h4,6,8,10-13H,2-3,5,7,9,14-15H2,1H3,(H,25,26). The van der Waals surface area contributed by atoms with Gasteiger partial charge in [-0.15, -0.1) is 0 Å². The maximum Gasteiger partial charge on any atom is 0.344 e. The number of benzene rings is 2. The summed E-state index contributed by atoms with van der Waals surface area (Å²) in [6.45, 7) is 1.65. The van der Waals surface area contributed by atoms with Gasteiger partial charge < -0.3 is 23.9 Å². The van der Waals surface area contributed by atoms with E-state index >= 15 is 0 Å². The quantitative estimate of drug-likeness (QED) is 0.545.